The molecule has 1 heterocycles. The third kappa shape index (κ3) is 6.89. The summed E-state index contributed by atoms with van der Waals surface area (Å²) >= 11 is 0. The third-order valence-electron chi connectivity index (χ3n) is 5.98. The molecule has 6 heteroatoms. The van der Waals surface area contributed by atoms with Crippen LogP contribution in [0.5, 0.6) is 5.75 Å². The fraction of sp³-hybridized carbons (Fsp3) is 0.696. The fourth-order valence-corrected chi connectivity index (χ4v) is 4.26. The van der Waals surface area contributed by atoms with Crippen molar-refractivity contribution in [1.82, 2.24) is 10.2 Å². The predicted molar refractivity (Wildman–Crippen MR) is 117 cm³/mol. The molecule has 0 amide bonds. The summed E-state index contributed by atoms with van der Waals surface area (Å²) in [5.41, 5.74) is 1.07. The summed E-state index contributed by atoms with van der Waals surface area (Å²) in [6, 6.07) is 7.96. The van der Waals surface area contributed by atoms with Crippen molar-refractivity contribution in [2.45, 2.75) is 51.2 Å². The number of hydrogen-bond acceptors (Lipinski definition) is 4. The zero-order valence-electron chi connectivity index (χ0n) is 18.1. The van der Waals surface area contributed by atoms with Crippen molar-refractivity contribution in [3.63, 3.8) is 0 Å². The lowest BCUT2D eigenvalue weighted by atomic mass is 10.1. The molecule has 0 unspecified atom stereocenters. The van der Waals surface area contributed by atoms with Gasteiger partial charge in [-0.1, -0.05) is 31.0 Å². The molecule has 1 saturated carbocycles. The molecule has 0 atom stereocenters. The first kappa shape index (κ1) is 21.9. The lowest BCUT2D eigenvalue weighted by Crippen LogP contribution is -2.47. The van der Waals surface area contributed by atoms with Gasteiger partial charge in [0, 0.05) is 38.9 Å². The van der Waals surface area contributed by atoms with Crippen LogP contribution in [0.3, 0.4) is 0 Å². The summed E-state index contributed by atoms with van der Waals surface area (Å²) < 4.78 is 17.4. The monoisotopic (exact) mass is 403 g/mol. The summed E-state index contributed by atoms with van der Waals surface area (Å²) in [6.07, 6.45) is 8.06. The van der Waals surface area contributed by atoms with E-state index in [1.807, 2.05) is 31.3 Å². The second-order valence-corrected chi connectivity index (χ2v) is 8.01. The van der Waals surface area contributed by atoms with E-state index in [1.165, 1.54) is 25.7 Å². The molecule has 0 bridgehead atoms. The molecular formula is C23H37N3O3. The lowest BCUT2D eigenvalue weighted by Gasteiger charge is -2.34. The highest BCUT2D eigenvalue weighted by atomic mass is 16.5. The molecular weight excluding hydrogens is 366 g/mol. The van der Waals surface area contributed by atoms with Crippen LogP contribution in [0.2, 0.25) is 0 Å². The van der Waals surface area contributed by atoms with Gasteiger partial charge in [0.05, 0.1) is 26.4 Å². The van der Waals surface area contributed by atoms with Crippen molar-refractivity contribution < 1.29 is 14.2 Å². The van der Waals surface area contributed by atoms with Gasteiger partial charge < -0.3 is 24.4 Å². The van der Waals surface area contributed by atoms with Crippen molar-refractivity contribution in [2.75, 3.05) is 47.0 Å². The molecule has 1 aromatic rings. The average molecular weight is 404 g/mol. The van der Waals surface area contributed by atoms with Crippen molar-refractivity contribution >= 4 is 5.96 Å². The first-order chi connectivity index (χ1) is 14.3. The SMILES string of the molecule is CN=C(NCCOCc1ccccc1OC)N1CCC(OCC2CCCC2)CC1. The first-order valence-corrected chi connectivity index (χ1v) is 11.1. The van der Waals surface area contributed by atoms with E-state index in [0.717, 1.165) is 62.3 Å². The van der Waals surface area contributed by atoms with Gasteiger partial charge >= 0.3 is 0 Å². The zero-order chi connectivity index (χ0) is 20.3. The van der Waals surface area contributed by atoms with Crippen molar-refractivity contribution in [3.8, 4) is 5.75 Å². The Balaban J connectivity index is 1.30. The topological polar surface area (TPSA) is 55.3 Å². The Morgan fingerprint density at radius 1 is 1.14 bits per heavy atom. The van der Waals surface area contributed by atoms with Gasteiger partial charge in [0.1, 0.15) is 5.75 Å². The highest BCUT2D eigenvalue weighted by Crippen LogP contribution is 2.26. The fourth-order valence-electron chi connectivity index (χ4n) is 4.26. The van der Waals surface area contributed by atoms with Gasteiger partial charge in [0.15, 0.2) is 5.96 Å². The maximum Gasteiger partial charge on any atom is 0.193 e. The van der Waals surface area contributed by atoms with E-state index in [-0.39, 0.29) is 0 Å². The van der Waals surface area contributed by atoms with Gasteiger partial charge in [-0.05, 0) is 37.7 Å². The maximum atomic E-state index is 6.19. The summed E-state index contributed by atoms with van der Waals surface area (Å²) in [6.45, 7) is 4.86. The Morgan fingerprint density at radius 3 is 2.62 bits per heavy atom. The van der Waals surface area contributed by atoms with Gasteiger partial charge in [-0.3, -0.25) is 4.99 Å². The molecule has 1 saturated heterocycles. The van der Waals surface area contributed by atoms with Crippen LogP contribution in [0.15, 0.2) is 29.3 Å². The smallest absolute Gasteiger partial charge is 0.193 e. The van der Waals surface area contributed by atoms with E-state index in [0.29, 0.717) is 19.3 Å². The number of guanidine groups is 1. The Hall–Kier alpha value is -1.79. The second kappa shape index (κ2) is 12.0. The molecule has 1 aliphatic heterocycles. The van der Waals surface area contributed by atoms with Gasteiger partial charge in [0.25, 0.3) is 0 Å². The Labute approximate surface area is 175 Å². The van der Waals surface area contributed by atoms with Crippen LogP contribution in [0, 0.1) is 5.92 Å². The van der Waals surface area contributed by atoms with Gasteiger partial charge in [-0.15, -0.1) is 0 Å². The van der Waals surface area contributed by atoms with Crippen molar-refractivity contribution in [3.05, 3.63) is 29.8 Å². The van der Waals surface area contributed by atoms with E-state index in [4.69, 9.17) is 14.2 Å². The molecule has 162 valence electrons. The van der Waals surface area contributed by atoms with E-state index >= 15 is 0 Å². The molecule has 3 rings (SSSR count). The van der Waals surface area contributed by atoms with Crippen LogP contribution >= 0.6 is 0 Å². The largest absolute Gasteiger partial charge is 0.496 e. The number of nitrogens with one attached hydrogen (secondary N) is 1. The minimum absolute atomic E-state index is 0.411. The molecule has 1 aromatic carbocycles. The second-order valence-electron chi connectivity index (χ2n) is 8.01. The van der Waals surface area contributed by atoms with Crippen LogP contribution in [-0.2, 0) is 16.1 Å². The molecule has 1 aliphatic carbocycles. The number of aliphatic imine (C=N–C) groups is 1. The molecule has 1 N–H and O–H groups in total. The van der Waals surface area contributed by atoms with Gasteiger partial charge in [-0.25, -0.2) is 0 Å². The quantitative estimate of drug-likeness (QED) is 0.389. The van der Waals surface area contributed by atoms with Crippen LogP contribution in [-0.4, -0.2) is 64.0 Å². The Bertz CT molecular complexity index is 624. The van der Waals surface area contributed by atoms with Crippen LogP contribution in [0.1, 0.15) is 44.1 Å². The zero-order valence-corrected chi connectivity index (χ0v) is 18.1. The maximum absolute atomic E-state index is 6.19. The number of hydrogen-bond donors (Lipinski definition) is 1. The van der Waals surface area contributed by atoms with Crippen LogP contribution in [0.25, 0.3) is 0 Å². The summed E-state index contributed by atoms with van der Waals surface area (Å²) in [5.74, 6) is 2.63. The van der Waals surface area contributed by atoms with Gasteiger partial charge in [0.2, 0.25) is 0 Å². The average Bonchev–Trinajstić information content (AvgIpc) is 3.29. The number of nitrogens with zero attached hydrogens (tertiary/aromatic N) is 2. The summed E-state index contributed by atoms with van der Waals surface area (Å²) in [4.78, 5) is 6.77. The summed E-state index contributed by atoms with van der Waals surface area (Å²) in [7, 11) is 3.54. The number of piperidine rings is 1. The molecule has 0 spiro atoms. The van der Waals surface area contributed by atoms with Crippen LogP contribution < -0.4 is 10.1 Å². The number of methoxy groups -OCH3 is 1. The standard InChI is InChI=1S/C23H37N3O3/c1-24-23(25-13-16-28-18-20-9-5-6-10-22(20)27-2)26-14-11-21(12-15-26)29-17-19-7-3-4-8-19/h5-6,9-10,19,21H,3-4,7-8,11-18H2,1-2H3,(H,24,25). The number of benzene rings is 1. The molecule has 0 radical (unpaired) electrons. The lowest BCUT2D eigenvalue weighted by molar-refractivity contribution is 0.000953. The summed E-state index contributed by atoms with van der Waals surface area (Å²) in [5, 5.41) is 3.42. The normalized spacial score (nSPS) is 19.0. The minimum Gasteiger partial charge on any atom is -0.496 e. The predicted octanol–water partition coefficient (Wildman–Crippen LogP) is 3.46. The van der Waals surface area contributed by atoms with E-state index in [2.05, 4.69) is 15.2 Å². The number of rotatable bonds is 9. The number of likely N-dealkylation sites (tertiary alicyclic amines) is 1. The van der Waals surface area contributed by atoms with E-state index < -0.39 is 0 Å². The molecule has 0 aromatic heterocycles. The number of ether oxygens (including phenoxy) is 3. The van der Waals surface area contributed by atoms with E-state index in [1.54, 1.807) is 7.11 Å². The molecule has 29 heavy (non-hydrogen) atoms. The minimum atomic E-state index is 0.411. The first-order valence-electron chi connectivity index (χ1n) is 11.1. The number of para-hydroxylation sites is 1. The Kier molecular flexibility index (Phi) is 9.09. The molecule has 6 nitrogen and oxygen atoms in total. The molecule has 2 aliphatic rings. The Morgan fingerprint density at radius 2 is 1.90 bits per heavy atom. The molecule has 2 fully saturated rings. The van der Waals surface area contributed by atoms with Crippen molar-refractivity contribution in [1.29, 1.82) is 0 Å². The third-order valence-corrected chi connectivity index (χ3v) is 5.98. The van der Waals surface area contributed by atoms with E-state index in [9.17, 15) is 0 Å². The van der Waals surface area contributed by atoms with Crippen LogP contribution in [0.4, 0.5) is 0 Å². The van der Waals surface area contributed by atoms with Crippen molar-refractivity contribution in [2.24, 2.45) is 10.9 Å². The highest BCUT2D eigenvalue weighted by molar-refractivity contribution is 5.79. The highest BCUT2D eigenvalue weighted by Gasteiger charge is 2.23. The van der Waals surface area contributed by atoms with Gasteiger partial charge in [-0.2, -0.15) is 0 Å².